The van der Waals surface area contributed by atoms with E-state index in [1.165, 1.54) is 16.0 Å². The lowest BCUT2D eigenvalue weighted by molar-refractivity contribution is -0.115. The van der Waals surface area contributed by atoms with E-state index in [9.17, 15) is 9.59 Å². The SMILES string of the molecule is CC(=Nc1ccc(CN(C)Cc2ccccc2)cc1)C1C(=O)Nc2ccc(C(=O)N(C)C)cc21. The van der Waals surface area contributed by atoms with Crippen LogP contribution in [0, 0.1) is 0 Å². The number of anilines is 1. The summed E-state index contributed by atoms with van der Waals surface area (Å²) in [5.74, 6) is -0.727. The highest BCUT2D eigenvalue weighted by atomic mass is 16.2. The number of fused-ring (bicyclic) bond motifs is 1. The highest BCUT2D eigenvalue weighted by molar-refractivity contribution is 6.18. The van der Waals surface area contributed by atoms with Gasteiger partial charge in [-0.3, -0.25) is 19.5 Å². The molecule has 1 unspecified atom stereocenters. The van der Waals surface area contributed by atoms with Crippen molar-refractivity contribution in [3.8, 4) is 0 Å². The second-order valence-electron chi connectivity index (χ2n) is 9.00. The van der Waals surface area contributed by atoms with Crippen molar-refractivity contribution < 1.29 is 9.59 Å². The van der Waals surface area contributed by atoms with Crippen LogP contribution in [0.15, 0.2) is 77.8 Å². The van der Waals surface area contributed by atoms with Crippen LogP contribution in [0.3, 0.4) is 0 Å². The third-order valence-electron chi connectivity index (χ3n) is 5.94. The van der Waals surface area contributed by atoms with E-state index >= 15 is 0 Å². The van der Waals surface area contributed by atoms with E-state index in [1.54, 1.807) is 32.3 Å². The molecule has 174 valence electrons. The van der Waals surface area contributed by atoms with Gasteiger partial charge in [0.05, 0.1) is 5.69 Å². The number of carbonyl (C=O) groups is 2. The minimum absolute atomic E-state index is 0.0942. The summed E-state index contributed by atoms with van der Waals surface area (Å²) in [7, 11) is 5.53. The van der Waals surface area contributed by atoms with Crippen molar-refractivity contribution in [2.24, 2.45) is 4.99 Å². The zero-order valence-electron chi connectivity index (χ0n) is 20.1. The predicted octanol–water partition coefficient (Wildman–Crippen LogP) is 4.85. The number of amides is 2. The molecule has 0 saturated carbocycles. The molecule has 0 spiro atoms. The van der Waals surface area contributed by atoms with Gasteiger partial charge in [-0.25, -0.2) is 0 Å². The number of benzene rings is 3. The van der Waals surface area contributed by atoms with Crippen LogP contribution in [-0.2, 0) is 17.9 Å². The van der Waals surface area contributed by atoms with Gasteiger partial charge in [0, 0.05) is 44.1 Å². The molecule has 0 saturated heterocycles. The number of nitrogens with zero attached hydrogens (tertiary/aromatic N) is 3. The topological polar surface area (TPSA) is 65.0 Å². The zero-order chi connectivity index (χ0) is 24.2. The van der Waals surface area contributed by atoms with Crippen molar-refractivity contribution in [3.05, 3.63) is 95.1 Å². The smallest absolute Gasteiger partial charge is 0.253 e. The van der Waals surface area contributed by atoms with Crippen LogP contribution in [0.25, 0.3) is 0 Å². The minimum Gasteiger partial charge on any atom is -0.345 e. The summed E-state index contributed by atoms with van der Waals surface area (Å²) in [5, 5.41) is 2.91. The number of hydrogen-bond acceptors (Lipinski definition) is 4. The molecule has 1 heterocycles. The van der Waals surface area contributed by atoms with Crippen LogP contribution in [0.4, 0.5) is 11.4 Å². The number of aliphatic imine (C=N–C) groups is 1. The first kappa shape index (κ1) is 23.4. The molecule has 1 atom stereocenters. The number of nitrogens with one attached hydrogen (secondary N) is 1. The van der Waals surface area contributed by atoms with E-state index < -0.39 is 5.92 Å². The number of carbonyl (C=O) groups excluding carboxylic acids is 2. The Kier molecular flexibility index (Phi) is 6.89. The Morgan fingerprint density at radius 3 is 2.21 bits per heavy atom. The first-order chi connectivity index (χ1) is 16.3. The van der Waals surface area contributed by atoms with E-state index in [0.29, 0.717) is 11.3 Å². The van der Waals surface area contributed by atoms with Gasteiger partial charge in [-0.15, -0.1) is 0 Å². The van der Waals surface area contributed by atoms with E-state index in [1.807, 2.05) is 25.1 Å². The summed E-state index contributed by atoms with van der Waals surface area (Å²) in [5.41, 5.74) is 6.06. The van der Waals surface area contributed by atoms with Gasteiger partial charge in [-0.1, -0.05) is 42.5 Å². The Morgan fingerprint density at radius 1 is 0.912 bits per heavy atom. The molecule has 0 fully saturated rings. The van der Waals surface area contributed by atoms with E-state index in [0.717, 1.165) is 30.0 Å². The molecule has 2 amide bonds. The van der Waals surface area contributed by atoms with Crippen LogP contribution >= 0.6 is 0 Å². The first-order valence-electron chi connectivity index (χ1n) is 11.3. The van der Waals surface area contributed by atoms with E-state index in [4.69, 9.17) is 4.99 Å². The van der Waals surface area contributed by atoms with Gasteiger partial charge in [-0.05, 0) is 61.0 Å². The van der Waals surface area contributed by atoms with Crippen LogP contribution < -0.4 is 5.32 Å². The van der Waals surface area contributed by atoms with E-state index in [2.05, 4.69) is 53.7 Å². The normalized spacial score (nSPS) is 15.3. The van der Waals surface area contributed by atoms with Crippen molar-refractivity contribution in [3.63, 3.8) is 0 Å². The molecule has 3 aromatic rings. The highest BCUT2D eigenvalue weighted by Gasteiger charge is 2.33. The fourth-order valence-electron chi connectivity index (χ4n) is 4.27. The van der Waals surface area contributed by atoms with Gasteiger partial charge in [0.2, 0.25) is 5.91 Å². The summed E-state index contributed by atoms with van der Waals surface area (Å²) < 4.78 is 0. The molecule has 0 aliphatic carbocycles. The molecule has 34 heavy (non-hydrogen) atoms. The van der Waals surface area contributed by atoms with Crippen LogP contribution in [0.5, 0.6) is 0 Å². The lowest BCUT2D eigenvalue weighted by Gasteiger charge is -2.17. The van der Waals surface area contributed by atoms with Crippen molar-refractivity contribution in [2.75, 3.05) is 26.5 Å². The van der Waals surface area contributed by atoms with Crippen molar-refractivity contribution in [2.45, 2.75) is 25.9 Å². The second kappa shape index (κ2) is 10.0. The molecule has 3 aromatic carbocycles. The summed E-state index contributed by atoms with van der Waals surface area (Å²) >= 11 is 0. The monoisotopic (exact) mass is 454 g/mol. The quantitative estimate of drug-likeness (QED) is 0.519. The fraction of sp³-hybridized carbons (Fsp3) is 0.250. The molecule has 1 N–H and O–H groups in total. The highest BCUT2D eigenvalue weighted by Crippen LogP contribution is 2.35. The molecular weight excluding hydrogens is 424 g/mol. The van der Waals surface area contributed by atoms with Crippen LogP contribution in [0.2, 0.25) is 0 Å². The first-order valence-corrected chi connectivity index (χ1v) is 11.3. The third-order valence-corrected chi connectivity index (χ3v) is 5.94. The fourth-order valence-corrected chi connectivity index (χ4v) is 4.27. The van der Waals surface area contributed by atoms with Gasteiger partial charge >= 0.3 is 0 Å². The largest absolute Gasteiger partial charge is 0.345 e. The third kappa shape index (κ3) is 5.24. The van der Waals surface area contributed by atoms with E-state index in [-0.39, 0.29) is 11.8 Å². The van der Waals surface area contributed by atoms with Crippen molar-refractivity contribution in [1.82, 2.24) is 9.80 Å². The number of hydrogen-bond donors (Lipinski definition) is 1. The maximum absolute atomic E-state index is 12.7. The Bertz CT molecular complexity index is 1220. The van der Waals surface area contributed by atoms with Gasteiger partial charge in [0.15, 0.2) is 0 Å². The van der Waals surface area contributed by atoms with Gasteiger partial charge in [0.1, 0.15) is 5.92 Å². The Labute approximate surface area is 200 Å². The molecule has 0 radical (unpaired) electrons. The average Bonchev–Trinajstić information content (AvgIpc) is 3.15. The molecule has 1 aliphatic heterocycles. The standard InChI is InChI=1S/C28H30N4O2/c1-19(26-24-16-22(28(34)31(2)3)12-15-25(24)30-27(26)33)29-23-13-10-21(11-14-23)18-32(4)17-20-8-6-5-7-9-20/h5-16,26H,17-18H2,1-4H3,(H,30,33). The molecule has 6 nitrogen and oxygen atoms in total. The number of rotatable bonds is 7. The van der Waals surface area contributed by atoms with Gasteiger partial charge in [0.25, 0.3) is 5.91 Å². The maximum atomic E-state index is 12.7. The van der Waals surface area contributed by atoms with Crippen LogP contribution in [0.1, 0.15) is 39.9 Å². The molecule has 0 aromatic heterocycles. The summed E-state index contributed by atoms with van der Waals surface area (Å²) in [6.07, 6.45) is 0. The minimum atomic E-state index is -0.512. The molecular formula is C28H30N4O2. The molecule has 6 heteroatoms. The van der Waals surface area contributed by atoms with Crippen LogP contribution in [-0.4, -0.2) is 48.5 Å². The Balaban J connectivity index is 1.48. The summed E-state index contributed by atoms with van der Waals surface area (Å²) in [4.78, 5) is 33.6. The molecule has 4 rings (SSSR count). The lowest BCUT2D eigenvalue weighted by atomic mass is 9.94. The average molecular weight is 455 g/mol. The van der Waals surface area contributed by atoms with Gasteiger partial charge in [-0.2, -0.15) is 0 Å². The maximum Gasteiger partial charge on any atom is 0.253 e. The van der Waals surface area contributed by atoms with Crippen molar-refractivity contribution >= 4 is 28.9 Å². The van der Waals surface area contributed by atoms with Crippen molar-refractivity contribution in [1.29, 1.82) is 0 Å². The lowest BCUT2D eigenvalue weighted by Crippen LogP contribution is -2.22. The summed E-state index contributed by atoms with van der Waals surface area (Å²) in [6, 6.07) is 23.8. The second-order valence-corrected chi connectivity index (χ2v) is 9.00. The Morgan fingerprint density at radius 2 is 1.56 bits per heavy atom. The molecule has 0 bridgehead atoms. The zero-order valence-corrected chi connectivity index (χ0v) is 20.1. The summed E-state index contributed by atoms with van der Waals surface area (Å²) in [6.45, 7) is 3.58. The predicted molar refractivity (Wildman–Crippen MR) is 137 cm³/mol. The van der Waals surface area contributed by atoms with Gasteiger partial charge < -0.3 is 10.2 Å². The molecule has 1 aliphatic rings. The Hall–Kier alpha value is -3.77.